The Hall–Kier alpha value is -2.83. The molecule has 0 saturated carbocycles. The first-order chi connectivity index (χ1) is 17.3. The monoisotopic (exact) mass is 535 g/mol. The molecule has 2 aromatic carbocycles. The highest BCUT2D eigenvalue weighted by Crippen LogP contribution is 2.37. The number of esters is 1. The summed E-state index contributed by atoms with van der Waals surface area (Å²) in [5.74, 6) is -1.02. The lowest BCUT2D eigenvalue weighted by Crippen LogP contribution is -2.44. The molecule has 1 heterocycles. The summed E-state index contributed by atoms with van der Waals surface area (Å²) in [5, 5.41) is 10.4. The molecule has 37 heavy (non-hydrogen) atoms. The molecule has 12 heteroatoms. The lowest BCUT2D eigenvalue weighted by Gasteiger charge is -2.33. The Bertz CT molecular complexity index is 1070. The molecule has 6 nitrogen and oxygen atoms in total. The third-order valence-electron chi connectivity index (χ3n) is 6.04. The summed E-state index contributed by atoms with van der Waals surface area (Å²) < 4.78 is 95.6. The number of aliphatic hydroxyl groups excluding tert-OH is 1. The first-order valence-corrected chi connectivity index (χ1v) is 11.4. The van der Waals surface area contributed by atoms with E-state index in [4.69, 9.17) is 9.47 Å². The summed E-state index contributed by atoms with van der Waals surface area (Å²) in [5.41, 5.74) is -2.31. The number of hydrogen-bond donors (Lipinski definition) is 1. The Morgan fingerprint density at radius 1 is 1.14 bits per heavy atom. The second-order valence-electron chi connectivity index (χ2n) is 8.74. The summed E-state index contributed by atoms with van der Waals surface area (Å²) in [7, 11) is 1.22. The molecular weight excluding hydrogens is 508 g/mol. The predicted molar refractivity (Wildman–Crippen MR) is 120 cm³/mol. The zero-order chi connectivity index (χ0) is 27.4. The Labute approximate surface area is 209 Å². The van der Waals surface area contributed by atoms with Crippen LogP contribution in [0.4, 0.5) is 26.3 Å². The van der Waals surface area contributed by atoms with Crippen molar-refractivity contribution in [1.29, 1.82) is 0 Å². The molecule has 0 amide bonds. The average Bonchev–Trinajstić information content (AvgIpc) is 2.85. The van der Waals surface area contributed by atoms with Crippen molar-refractivity contribution >= 4 is 5.97 Å². The smallest absolute Gasteiger partial charge is 0.416 e. The number of carbonyl (C=O) groups excluding carboxylic acids is 1. The zero-order valence-electron chi connectivity index (χ0n) is 20.1. The van der Waals surface area contributed by atoms with E-state index in [2.05, 4.69) is 4.74 Å². The molecule has 0 bridgehead atoms. The Morgan fingerprint density at radius 2 is 1.86 bits per heavy atom. The van der Waals surface area contributed by atoms with Gasteiger partial charge >= 0.3 is 18.3 Å². The molecule has 204 valence electrons. The van der Waals surface area contributed by atoms with Gasteiger partial charge in [-0.25, -0.2) is 0 Å². The van der Waals surface area contributed by atoms with Crippen molar-refractivity contribution < 1.29 is 50.5 Å². The molecule has 1 unspecified atom stereocenters. The molecule has 1 saturated heterocycles. The molecule has 1 N–H and O–H groups in total. The van der Waals surface area contributed by atoms with Gasteiger partial charge in [-0.3, -0.25) is 9.69 Å². The van der Waals surface area contributed by atoms with Crippen LogP contribution in [0.2, 0.25) is 0 Å². The van der Waals surface area contributed by atoms with Crippen molar-refractivity contribution in [3.8, 4) is 5.75 Å². The van der Waals surface area contributed by atoms with E-state index in [1.54, 1.807) is 29.2 Å². The third kappa shape index (κ3) is 7.59. The first-order valence-electron chi connectivity index (χ1n) is 11.4. The molecule has 3 rings (SSSR count). The highest BCUT2D eigenvalue weighted by Gasteiger charge is 2.37. The van der Waals surface area contributed by atoms with E-state index in [9.17, 15) is 36.2 Å². The number of benzene rings is 2. The van der Waals surface area contributed by atoms with E-state index in [1.165, 1.54) is 14.0 Å². The Kier molecular flexibility index (Phi) is 9.09. The van der Waals surface area contributed by atoms with Crippen LogP contribution in [-0.4, -0.2) is 55.5 Å². The van der Waals surface area contributed by atoms with Crippen LogP contribution in [0.5, 0.6) is 5.75 Å². The van der Waals surface area contributed by atoms with Gasteiger partial charge in [0.1, 0.15) is 18.5 Å². The minimum Gasteiger partial charge on any atom is -0.491 e. The van der Waals surface area contributed by atoms with Crippen LogP contribution in [-0.2, 0) is 33.2 Å². The molecule has 0 spiro atoms. The highest BCUT2D eigenvalue weighted by atomic mass is 19.4. The minimum atomic E-state index is -4.80. The molecule has 1 aliphatic rings. The molecule has 1 aliphatic heterocycles. The van der Waals surface area contributed by atoms with Crippen molar-refractivity contribution in [3.63, 3.8) is 0 Å². The number of methoxy groups -OCH3 is 1. The van der Waals surface area contributed by atoms with Gasteiger partial charge in [-0.05, 0) is 48.4 Å². The molecule has 0 aliphatic carbocycles. The fraction of sp³-hybridized carbons (Fsp3) is 0.480. The normalized spacial score (nSPS) is 18.8. The van der Waals surface area contributed by atoms with Gasteiger partial charge in [0.25, 0.3) is 0 Å². The van der Waals surface area contributed by atoms with Gasteiger partial charge in [0.05, 0.1) is 36.9 Å². The van der Waals surface area contributed by atoms with Gasteiger partial charge in [0.2, 0.25) is 0 Å². The number of nitrogens with zero attached hydrogens (tertiary/aromatic N) is 1. The van der Waals surface area contributed by atoms with Gasteiger partial charge in [0.15, 0.2) is 0 Å². The van der Waals surface area contributed by atoms with Crippen molar-refractivity contribution in [1.82, 2.24) is 4.90 Å². The number of rotatable bonds is 8. The van der Waals surface area contributed by atoms with Crippen molar-refractivity contribution in [2.24, 2.45) is 5.92 Å². The molecule has 2 aromatic rings. The average molecular weight is 535 g/mol. The summed E-state index contributed by atoms with van der Waals surface area (Å²) >= 11 is 0. The molecule has 3 atom stereocenters. The number of morpholine rings is 1. The fourth-order valence-corrected chi connectivity index (χ4v) is 4.02. The van der Waals surface area contributed by atoms with Gasteiger partial charge < -0.3 is 19.3 Å². The summed E-state index contributed by atoms with van der Waals surface area (Å²) in [6, 6.07) is 7.83. The topological polar surface area (TPSA) is 68.2 Å². The Balaban J connectivity index is 1.66. The maximum atomic E-state index is 13.4. The largest absolute Gasteiger partial charge is 0.491 e. The number of aliphatic hydroxyl groups is 1. The summed E-state index contributed by atoms with van der Waals surface area (Å²) in [6.07, 6.45) is -11.3. The lowest BCUT2D eigenvalue weighted by atomic mass is 9.97. The first kappa shape index (κ1) is 28.7. The number of alkyl halides is 6. The number of hydrogen-bond acceptors (Lipinski definition) is 6. The number of carbonyl (C=O) groups is 1. The second kappa shape index (κ2) is 11.7. The van der Waals surface area contributed by atoms with E-state index in [0.29, 0.717) is 29.5 Å². The zero-order valence-corrected chi connectivity index (χ0v) is 20.1. The second-order valence-corrected chi connectivity index (χ2v) is 8.74. The van der Waals surface area contributed by atoms with Gasteiger partial charge in [0, 0.05) is 19.6 Å². The summed E-state index contributed by atoms with van der Waals surface area (Å²) in [4.78, 5) is 13.3. The molecule has 0 aromatic heterocycles. The van der Waals surface area contributed by atoms with Gasteiger partial charge in [-0.15, -0.1) is 0 Å². The van der Waals surface area contributed by atoms with Crippen LogP contribution < -0.4 is 4.74 Å². The van der Waals surface area contributed by atoms with Gasteiger partial charge in [-0.2, -0.15) is 26.3 Å². The third-order valence-corrected chi connectivity index (χ3v) is 6.04. The summed E-state index contributed by atoms with van der Waals surface area (Å²) in [6.45, 7) is 1.71. The van der Waals surface area contributed by atoms with E-state index in [1.807, 2.05) is 0 Å². The lowest BCUT2D eigenvalue weighted by molar-refractivity contribution is -0.148. The standard InChI is InChI=1S/C25H27F6NO5/c1-15(23(34)35-2)22(33)16-4-3-5-19(11-16)37-14-20-13-32(8-9-36-20)12-17-10-18(24(26,27)28)6-7-21(17)25(29,30)31/h3-7,10-11,15,20,22,33H,8-9,12-14H2,1-2H3/t15-,20?,22+/m0/s1. The maximum Gasteiger partial charge on any atom is 0.416 e. The van der Waals surface area contributed by atoms with Crippen molar-refractivity contribution in [2.45, 2.75) is 38.0 Å². The maximum absolute atomic E-state index is 13.4. The molecule has 1 fully saturated rings. The van der Waals surface area contributed by atoms with Crippen LogP contribution in [0.3, 0.4) is 0 Å². The van der Waals surface area contributed by atoms with Crippen LogP contribution in [0.15, 0.2) is 42.5 Å². The van der Waals surface area contributed by atoms with Crippen LogP contribution in [0, 0.1) is 5.92 Å². The minimum absolute atomic E-state index is 0.0112. The fourth-order valence-electron chi connectivity index (χ4n) is 4.02. The van der Waals surface area contributed by atoms with Crippen LogP contribution in [0.1, 0.15) is 35.3 Å². The van der Waals surface area contributed by atoms with E-state index < -0.39 is 53.1 Å². The van der Waals surface area contributed by atoms with Gasteiger partial charge in [-0.1, -0.05) is 12.1 Å². The van der Waals surface area contributed by atoms with Crippen molar-refractivity contribution in [2.75, 3.05) is 33.4 Å². The predicted octanol–water partition coefficient (Wildman–Crippen LogP) is 4.85. The van der Waals surface area contributed by atoms with E-state index in [-0.39, 0.29) is 32.8 Å². The quantitative estimate of drug-likeness (QED) is 0.385. The number of ether oxygens (including phenoxy) is 3. The van der Waals surface area contributed by atoms with Crippen LogP contribution >= 0.6 is 0 Å². The molecule has 0 radical (unpaired) electrons. The number of halogens is 6. The molecular formula is C25H27F6NO5. The van der Waals surface area contributed by atoms with E-state index in [0.717, 1.165) is 0 Å². The SMILES string of the molecule is COC(=O)[C@@H](C)[C@@H](O)c1cccc(OCC2CN(Cc3cc(C(F)(F)F)ccc3C(F)(F)F)CCO2)c1. The van der Waals surface area contributed by atoms with Crippen LogP contribution in [0.25, 0.3) is 0 Å². The Morgan fingerprint density at radius 3 is 2.51 bits per heavy atom. The van der Waals surface area contributed by atoms with Crippen molar-refractivity contribution in [3.05, 3.63) is 64.7 Å². The highest BCUT2D eigenvalue weighted by molar-refractivity contribution is 5.72. The van der Waals surface area contributed by atoms with E-state index >= 15 is 0 Å².